The summed E-state index contributed by atoms with van der Waals surface area (Å²) in [5, 5.41) is 17.8. The van der Waals surface area contributed by atoms with Crippen molar-refractivity contribution < 1.29 is 19.4 Å². The van der Waals surface area contributed by atoms with E-state index in [-0.39, 0.29) is 0 Å². The zero-order chi connectivity index (χ0) is 18.0. The minimum atomic E-state index is -0.850. The molecular formula is C17H22N4O4. The highest BCUT2D eigenvalue weighted by molar-refractivity contribution is 5.73. The lowest BCUT2D eigenvalue weighted by Gasteiger charge is -2.33. The molecule has 0 radical (unpaired) electrons. The molecule has 134 valence electrons. The van der Waals surface area contributed by atoms with Crippen molar-refractivity contribution in [1.29, 1.82) is 0 Å². The molecule has 0 bridgehead atoms. The van der Waals surface area contributed by atoms with Crippen molar-refractivity contribution in [3.63, 3.8) is 0 Å². The molecule has 0 fully saturated rings. The third-order valence-electron chi connectivity index (χ3n) is 4.35. The van der Waals surface area contributed by atoms with Crippen molar-refractivity contribution >= 4 is 5.97 Å². The van der Waals surface area contributed by atoms with Crippen molar-refractivity contribution in [1.82, 2.24) is 19.7 Å². The average Bonchev–Trinajstić information content (AvgIpc) is 2.95. The molecule has 0 saturated heterocycles. The van der Waals surface area contributed by atoms with Gasteiger partial charge in [-0.25, -0.2) is 0 Å². The summed E-state index contributed by atoms with van der Waals surface area (Å²) >= 11 is 0. The number of ether oxygens (including phenoxy) is 2. The van der Waals surface area contributed by atoms with Crippen LogP contribution in [0.1, 0.15) is 24.1 Å². The van der Waals surface area contributed by atoms with Crippen LogP contribution in [0, 0.1) is 6.92 Å². The van der Waals surface area contributed by atoms with E-state index in [1.807, 2.05) is 41.5 Å². The van der Waals surface area contributed by atoms with Gasteiger partial charge in [-0.05, 0) is 31.5 Å². The van der Waals surface area contributed by atoms with E-state index in [1.54, 1.807) is 7.11 Å². The second kappa shape index (κ2) is 7.10. The average molecular weight is 346 g/mol. The molecule has 1 aromatic carbocycles. The lowest BCUT2D eigenvalue weighted by Crippen LogP contribution is -2.47. The van der Waals surface area contributed by atoms with Gasteiger partial charge < -0.3 is 19.1 Å². The predicted molar refractivity (Wildman–Crippen MR) is 89.6 cm³/mol. The number of carboxylic acids is 1. The van der Waals surface area contributed by atoms with Gasteiger partial charge in [-0.2, -0.15) is 0 Å². The first kappa shape index (κ1) is 17.2. The molecule has 8 heteroatoms. The minimum Gasteiger partial charge on any atom is -0.493 e. The number of aromatic nitrogens is 3. The van der Waals surface area contributed by atoms with Gasteiger partial charge in [0.05, 0.1) is 26.8 Å². The molecule has 1 N–H and O–H groups in total. The maximum atomic E-state index is 11.7. The van der Waals surface area contributed by atoms with Gasteiger partial charge >= 0.3 is 5.97 Å². The lowest BCUT2D eigenvalue weighted by molar-refractivity contribution is -0.145. The predicted octanol–water partition coefficient (Wildman–Crippen LogP) is 1.46. The van der Waals surface area contributed by atoms with E-state index in [0.29, 0.717) is 37.7 Å². The summed E-state index contributed by atoms with van der Waals surface area (Å²) in [5.41, 5.74) is 0.959. The molecule has 8 nitrogen and oxygen atoms in total. The SMILES string of the molecule is CCOc1cc(CN2Cc3nnc(C)n3CC2C(=O)O)ccc1OC. The Labute approximate surface area is 146 Å². The summed E-state index contributed by atoms with van der Waals surface area (Å²) in [7, 11) is 1.60. The van der Waals surface area contributed by atoms with Gasteiger partial charge in [-0.3, -0.25) is 9.69 Å². The van der Waals surface area contributed by atoms with Crippen molar-refractivity contribution in [2.75, 3.05) is 13.7 Å². The number of methoxy groups -OCH3 is 1. The summed E-state index contributed by atoms with van der Waals surface area (Å²) in [5.74, 6) is 2.00. The Morgan fingerprint density at radius 1 is 1.36 bits per heavy atom. The molecule has 1 aliphatic heterocycles. The van der Waals surface area contributed by atoms with Crippen LogP contribution in [0.5, 0.6) is 11.5 Å². The number of hydrogen-bond donors (Lipinski definition) is 1. The Balaban J connectivity index is 1.85. The summed E-state index contributed by atoms with van der Waals surface area (Å²) in [6.07, 6.45) is 0. The maximum Gasteiger partial charge on any atom is 0.322 e. The number of carbonyl (C=O) groups is 1. The molecule has 0 aliphatic carbocycles. The summed E-state index contributed by atoms with van der Waals surface area (Å²) in [6, 6.07) is 5.03. The number of benzene rings is 1. The number of carboxylic acid groups (broad SMARTS) is 1. The molecule has 1 unspecified atom stereocenters. The van der Waals surface area contributed by atoms with Crippen LogP contribution >= 0.6 is 0 Å². The summed E-state index contributed by atoms with van der Waals surface area (Å²) in [6.45, 7) is 5.54. The minimum absolute atomic E-state index is 0.345. The Hall–Kier alpha value is -2.61. The Bertz CT molecular complexity index is 774. The zero-order valence-electron chi connectivity index (χ0n) is 14.6. The molecule has 1 aromatic heterocycles. The van der Waals surface area contributed by atoms with Crippen LogP contribution in [0.15, 0.2) is 18.2 Å². The number of rotatable bonds is 6. The van der Waals surface area contributed by atoms with Crippen molar-refractivity contribution in [3.8, 4) is 11.5 Å². The van der Waals surface area contributed by atoms with E-state index in [9.17, 15) is 9.90 Å². The normalized spacial score (nSPS) is 17.2. The highest BCUT2D eigenvalue weighted by Crippen LogP contribution is 2.29. The van der Waals surface area contributed by atoms with Gasteiger partial charge in [0.1, 0.15) is 17.7 Å². The third kappa shape index (κ3) is 3.43. The third-order valence-corrected chi connectivity index (χ3v) is 4.35. The van der Waals surface area contributed by atoms with E-state index < -0.39 is 12.0 Å². The van der Waals surface area contributed by atoms with Gasteiger partial charge in [0, 0.05) is 6.54 Å². The van der Waals surface area contributed by atoms with E-state index in [4.69, 9.17) is 9.47 Å². The molecule has 0 saturated carbocycles. The van der Waals surface area contributed by atoms with Crippen LogP contribution in [0.2, 0.25) is 0 Å². The Morgan fingerprint density at radius 3 is 2.84 bits per heavy atom. The highest BCUT2D eigenvalue weighted by Gasteiger charge is 2.33. The molecule has 3 rings (SSSR count). The van der Waals surface area contributed by atoms with Crippen LogP contribution in [0.25, 0.3) is 0 Å². The molecule has 2 heterocycles. The van der Waals surface area contributed by atoms with Crippen LogP contribution in [0.4, 0.5) is 0 Å². The number of aryl methyl sites for hydroxylation is 1. The molecule has 0 amide bonds. The van der Waals surface area contributed by atoms with E-state index in [1.165, 1.54) is 0 Å². The Morgan fingerprint density at radius 2 is 2.16 bits per heavy atom. The first-order valence-corrected chi connectivity index (χ1v) is 8.18. The Kier molecular flexibility index (Phi) is 4.89. The molecule has 0 spiro atoms. The van der Waals surface area contributed by atoms with Gasteiger partial charge in [0.25, 0.3) is 0 Å². The standard InChI is InChI=1S/C17H22N4O4/c1-4-25-15-7-12(5-6-14(15)24-3)8-20-10-16-19-18-11(2)21(16)9-13(20)17(22)23/h5-7,13H,4,8-10H2,1-3H3,(H,22,23). The van der Waals surface area contributed by atoms with Gasteiger partial charge in [0.2, 0.25) is 0 Å². The summed E-state index contributed by atoms with van der Waals surface area (Å²) in [4.78, 5) is 13.6. The fourth-order valence-corrected chi connectivity index (χ4v) is 3.08. The topological polar surface area (TPSA) is 89.7 Å². The number of nitrogens with zero attached hydrogens (tertiary/aromatic N) is 4. The zero-order valence-corrected chi connectivity index (χ0v) is 14.6. The quantitative estimate of drug-likeness (QED) is 0.847. The molecular weight excluding hydrogens is 324 g/mol. The van der Waals surface area contributed by atoms with E-state index in [2.05, 4.69) is 10.2 Å². The van der Waals surface area contributed by atoms with Gasteiger partial charge in [0.15, 0.2) is 11.5 Å². The fraction of sp³-hybridized carbons (Fsp3) is 0.471. The van der Waals surface area contributed by atoms with Crippen LogP contribution in [-0.4, -0.2) is 50.5 Å². The summed E-state index contributed by atoms with van der Waals surface area (Å²) < 4.78 is 12.8. The van der Waals surface area contributed by atoms with Crippen molar-refractivity contribution in [3.05, 3.63) is 35.4 Å². The van der Waals surface area contributed by atoms with Crippen molar-refractivity contribution in [2.24, 2.45) is 0 Å². The molecule has 1 aliphatic rings. The first-order chi connectivity index (χ1) is 12.0. The number of fused-ring (bicyclic) bond motifs is 1. The first-order valence-electron chi connectivity index (χ1n) is 8.18. The van der Waals surface area contributed by atoms with Crippen LogP contribution in [-0.2, 0) is 24.4 Å². The highest BCUT2D eigenvalue weighted by atomic mass is 16.5. The second-order valence-corrected chi connectivity index (χ2v) is 5.95. The number of hydrogen-bond acceptors (Lipinski definition) is 6. The van der Waals surface area contributed by atoms with Crippen LogP contribution < -0.4 is 9.47 Å². The second-order valence-electron chi connectivity index (χ2n) is 5.95. The molecule has 2 aromatic rings. The monoisotopic (exact) mass is 346 g/mol. The lowest BCUT2D eigenvalue weighted by atomic mass is 10.1. The molecule has 25 heavy (non-hydrogen) atoms. The van der Waals surface area contributed by atoms with E-state index >= 15 is 0 Å². The fourth-order valence-electron chi connectivity index (χ4n) is 3.08. The van der Waals surface area contributed by atoms with Crippen molar-refractivity contribution in [2.45, 2.75) is 39.5 Å². The molecule has 1 atom stereocenters. The van der Waals surface area contributed by atoms with Crippen LogP contribution in [0.3, 0.4) is 0 Å². The largest absolute Gasteiger partial charge is 0.493 e. The van der Waals surface area contributed by atoms with E-state index in [0.717, 1.165) is 17.2 Å². The van der Waals surface area contributed by atoms with Gasteiger partial charge in [-0.1, -0.05) is 6.07 Å². The smallest absolute Gasteiger partial charge is 0.322 e. The number of aliphatic carboxylic acids is 1. The maximum absolute atomic E-state index is 11.7. The van der Waals surface area contributed by atoms with Gasteiger partial charge in [-0.15, -0.1) is 10.2 Å².